The lowest BCUT2D eigenvalue weighted by Crippen LogP contribution is -2.24. The third-order valence-electron chi connectivity index (χ3n) is 4.72. The number of anilines is 1. The Morgan fingerprint density at radius 2 is 2.15 bits per heavy atom. The molecule has 0 radical (unpaired) electrons. The molecule has 1 amide bonds. The summed E-state index contributed by atoms with van der Waals surface area (Å²) in [5, 5.41) is 3.52. The third-order valence-corrected chi connectivity index (χ3v) is 6.16. The summed E-state index contributed by atoms with van der Waals surface area (Å²) in [5.74, 6) is -0.951. The van der Waals surface area contributed by atoms with Crippen LogP contribution in [0.4, 0.5) is 10.1 Å². The van der Waals surface area contributed by atoms with E-state index in [-0.39, 0.29) is 24.2 Å². The van der Waals surface area contributed by atoms with Crippen molar-refractivity contribution in [3.63, 3.8) is 0 Å². The highest BCUT2D eigenvalue weighted by Crippen LogP contribution is 2.33. The van der Waals surface area contributed by atoms with Crippen LogP contribution in [0.25, 0.3) is 10.2 Å². The minimum Gasteiger partial charge on any atom is -0.323 e. The van der Waals surface area contributed by atoms with Gasteiger partial charge in [0.05, 0.1) is 17.4 Å². The van der Waals surface area contributed by atoms with Gasteiger partial charge in [-0.3, -0.25) is 14.2 Å². The number of halogens is 2. The molecular weight excluding hydrogens is 389 g/mol. The summed E-state index contributed by atoms with van der Waals surface area (Å²) in [5.41, 5.74) is 1.04. The van der Waals surface area contributed by atoms with E-state index < -0.39 is 11.7 Å². The average molecular weight is 406 g/mol. The Bertz CT molecular complexity index is 1090. The van der Waals surface area contributed by atoms with Crippen LogP contribution in [-0.4, -0.2) is 15.5 Å². The van der Waals surface area contributed by atoms with E-state index in [0.717, 1.165) is 36.1 Å². The molecule has 0 spiro atoms. The maximum absolute atomic E-state index is 13.7. The van der Waals surface area contributed by atoms with Gasteiger partial charge in [-0.1, -0.05) is 11.6 Å². The monoisotopic (exact) mass is 405 g/mol. The van der Waals surface area contributed by atoms with Crippen LogP contribution in [0.15, 0.2) is 29.3 Å². The van der Waals surface area contributed by atoms with Gasteiger partial charge in [0.2, 0.25) is 5.91 Å². The summed E-state index contributed by atoms with van der Waals surface area (Å²) in [6, 6.07) is 3.96. The van der Waals surface area contributed by atoms with Crippen molar-refractivity contribution in [2.75, 3.05) is 5.32 Å². The lowest BCUT2D eigenvalue weighted by molar-refractivity contribution is -0.116. The van der Waals surface area contributed by atoms with E-state index in [9.17, 15) is 14.0 Å². The van der Waals surface area contributed by atoms with Crippen LogP contribution in [0.5, 0.6) is 0 Å². The van der Waals surface area contributed by atoms with Gasteiger partial charge in [-0.2, -0.15) is 0 Å². The Hall–Kier alpha value is -2.25. The van der Waals surface area contributed by atoms with Crippen LogP contribution < -0.4 is 10.9 Å². The fourth-order valence-corrected chi connectivity index (χ4v) is 4.76. The lowest BCUT2D eigenvalue weighted by Gasteiger charge is -2.11. The molecule has 0 aliphatic heterocycles. The highest BCUT2D eigenvalue weighted by atomic mass is 35.5. The van der Waals surface area contributed by atoms with Gasteiger partial charge in [-0.25, -0.2) is 9.37 Å². The van der Waals surface area contributed by atoms with Crippen LogP contribution in [0.3, 0.4) is 0 Å². The van der Waals surface area contributed by atoms with Crippen molar-refractivity contribution in [2.24, 2.45) is 0 Å². The number of nitrogens with zero attached hydrogens (tertiary/aromatic N) is 2. The van der Waals surface area contributed by atoms with E-state index in [1.54, 1.807) is 11.3 Å². The summed E-state index contributed by atoms with van der Waals surface area (Å²) in [6.45, 7) is 0.181. The topological polar surface area (TPSA) is 64.0 Å². The normalized spacial score (nSPS) is 13.6. The Morgan fingerprint density at radius 3 is 3.00 bits per heavy atom. The number of rotatable bonds is 4. The summed E-state index contributed by atoms with van der Waals surface area (Å²) >= 11 is 7.42. The van der Waals surface area contributed by atoms with Crippen molar-refractivity contribution in [3.8, 4) is 0 Å². The molecule has 140 valence electrons. The Balaban J connectivity index is 1.52. The van der Waals surface area contributed by atoms with Crippen molar-refractivity contribution >= 4 is 44.7 Å². The molecule has 27 heavy (non-hydrogen) atoms. The SMILES string of the molecule is O=C(CCn1cnc2sc3c(c2c1=O)CCCC3)Nc1cc(Cl)ccc1F. The van der Waals surface area contributed by atoms with E-state index in [4.69, 9.17) is 11.6 Å². The minimum atomic E-state index is -0.557. The minimum absolute atomic E-state index is 0.0281. The quantitative estimate of drug-likeness (QED) is 0.708. The molecule has 4 rings (SSSR count). The summed E-state index contributed by atoms with van der Waals surface area (Å²) in [4.78, 5) is 31.4. The van der Waals surface area contributed by atoms with Gasteiger partial charge in [-0.05, 0) is 49.4 Å². The number of hydrogen-bond donors (Lipinski definition) is 1. The Labute approximate surface area is 163 Å². The molecule has 1 aliphatic rings. The number of amides is 1. The van der Waals surface area contributed by atoms with Gasteiger partial charge < -0.3 is 5.32 Å². The van der Waals surface area contributed by atoms with Crippen LogP contribution >= 0.6 is 22.9 Å². The number of aryl methyl sites for hydroxylation is 3. The number of fused-ring (bicyclic) bond motifs is 3. The molecule has 3 aromatic rings. The maximum atomic E-state index is 13.7. The largest absolute Gasteiger partial charge is 0.323 e. The fourth-order valence-electron chi connectivity index (χ4n) is 3.37. The highest BCUT2D eigenvalue weighted by Gasteiger charge is 2.20. The van der Waals surface area contributed by atoms with Crippen molar-refractivity contribution in [2.45, 2.75) is 38.6 Å². The maximum Gasteiger partial charge on any atom is 0.262 e. The molecular formula is C19H17ClFN3O2S. The van der Waals surface area contributed by atoms with Gasteiger partial charge in [-0.15, -0.1) is 11.3 Å². The van der Waals surface area contributed by atoms with Crippen molar-refractivity contribution in [1.29, 1.82) is 0 Å². The first kappa shape index (κ1) is 18.1. The molecule has 1 N–H and O–H groups in total. The number of aromatic nitrogens is 2. The predicted molar refractivity (Wildman–Crippen MR) is 105 cm³/mol. The molecule has 2 aromatic heterocycles. The standard InChI is InChI=1S/C19H17ClFN3O2S/c20-11-5-6-13(21)14(9-11)23-16(25)7-8-24-10-22-18-17(19(24)26)12-3-1-2-4-15(12)27-18/h5-6,9-10H,1-4,7-8H2,(H,23,25). The van der Waals surface area contributed by atoms with Crippen LogP contribution in [0.2, 0.25) is 5.02 Å². The molecule has 0 unspecified atom stereocenters. The predicted octanol–water partition coefficient (Wildman–Crippen LogP) is 4.16. The van der Waals surface area contributed by atoms with E-state index in [0.29, 0.717) is 10.4 Å². The lowest BCUT2D eigenvalue weighted by atomic mass is 9.97. The second-order valence-electron chi connectivity index (χ2n) is 6.56. The number of carbonyl (C=O) groups is 1. The molecule has 5 nitrogen and oxygen atoms in total. The second kappa shape index (κ2) is 7.40. The first-order valence-corrected chi connectivity index (χ1v) is 9.97. The highest BCUT2D eigenvalue weighted by molar-refractivity contribution is 7.18. The number of nitrogens with one attached hydrogen (secondary N) is 1. The number of hydrogen-bond acceptors (Lipinski definition) is 4. The van der Waals surface area contributed by atoms with E-state index in [2.05, 4.69) is 10.3 Å². The summed E-state index contributed by atoms with van der Waals surface area (Å²) in [6.07, 6.45) is 5.66. The van der Waals surface area contributed by atoms with E-state index in [1.165, 1.54) is 34.0 Å². The Morgan fingerprint density at radius 1 is 1.33 bits per heavy atom. The molecule has 0 fully saturated rings. The van der Waals surface area contributed by atoms with Crippen LogP contribution in [-0.2, 0) is 24.2 Å². The zero-order chi connectivity index (χ0) is 19.0. The molecule has 1 aliphatic carbocycles. The average Bonchev–Trinajstić information content (AvgIpc) is 3.03. The summed E-state index contributed by atoms with van der Waals surface area (Å²) < 4.78 is 15.2. The van der Waals surface area contributed by atoms with E-state index in [1.807, 2.05) is 0 Å². The third kappa shape index (κ3) is 3.61. The first-order valence-electron chi connectivity index (χ1n) is 8.77. The van der Waals surface area contributed by atoms with Gasteiger partial charge in [0, 0.05) is 22.9 Å². The molecule has 2 heterocycles. The first-order chi connectivity index (χ1) is 13.0. The van der Waals surface area contributed by atoms with Crippen LogP contribution in [0.1, 0.15) is 29.7 Å². The second-order valence-corrected chi connectivity index (χ2v) is 8.08. The van der Waals surface area contributed by atoms with Gasteiger partial charge in [0.1, 0.15) is 10.6 Å². The van der Waals surface area contributed by atoms with E-state index >= 15 is 0 Å². The number of thiophene rings is 1. The fraction of sp³-hybridized carbons (Fsp3) is 0.316. The zero-order valence-corrected chi connectivity index (χ0v) is 16.0. The van der Waals surface area contributed by atoms with Gasteiger partial charge in [0.15, 0.2) is 0 Å². The van der Waals surface area contributed by atoms with Crippen molar-refractivity contribution < 1.29 is 9.18 Å². The zero-order valence-electron chi connectivity index (χ0n) is 14.4. The summed E-state index contributed by atoms with van der Waals surface area (Å²) in [7, 11) is 0. The van der Waals surface area contributed by atoms with Crippen molar-refractivity contribution in [1.82, 2.24) is 9.55 Å². The van der Waals surface area contributed by atoms with Gasteiger partial charge in [0.25, 0.3) is 5.56 Å². The number of benzene rings is 1. The smallest absolute Gasteiger partial charge is 0.262 e. The van der Waals surface area contributed by atoms with Crippen LogP contribution in [0, 0.1) is 5.82 Å². The molecule has 0 saturated heterocycles. The molecule has 0 bridgehead atoms. The van der Waals surface area contributed by atoms with Crippen molar-refractivity contribution in [3.05, 3.63) is 56.2 Å². The molecule has 8 heteroatoms. The Kier molecular flexibility index (Phi) is 4.97. The molecule has 0 saturated carbocycles. The number of carbonyl (C=O) groups excluding carboxylic acids is 1. The molecule has 1 aromatic carbocycles. The van der Waals surface area contributed by atoms with Gasteiger partial charge >= 0.3 is 0 Å². The molecule has 0 atom stereocenters.